The van der Waals surface area contributed by atoms with Crippen LogP contribution in [0.25, 0.3) is 0 Å². The van der Waals surface area contributed by atoms with E-state index in [1.54, 1.807) is 12.1 Å². The Labute approximate surface area is 233 Å². The molecule has 7 nitrogen and oxygen atoms in total. The van der Waals surface area contributed by atoms with Crippen LogP contribution >= 0.6 is 0 Å². The molecule has 8 heteroatoms. The van der Waals surface area contributed by atoms with Gasteiger partial charge in [-0.25, -0.2) is 4.39 Å². The third-order valence-electron chi connectivity index (χ3n) is 8.07. The number of carbonyl (C=O) groups excluding carboxylic acids is 1. The maximum absolute atomic E-state index is 13.4. The molecule has 1 saturated heterocycles. The second-order valence-corrected chi connectivity index (χ2v) is 10.7. The molecule has 2 aliphatic rings. The fourth-order valence-electron chi connectivity index (χ4n) is 5.57. The molecular formula is C32H36FNO6. The number of allylic oxidation sites excluding steroid dienone is 3. The van der Waals surface area contributed by atoms with Gasteiger partial charge in [0.25, 0.3) is 0 Å². The summed E-state index contributed by atoms with van der Waals surface area (Å²) in [5.41, 5.74) is 3.42. The Kier molecular flexibility index (Phi) is 9.53. The molecular weight excluding hydrogens is 513 g/mol. The summed E-state index contributed by atoms with van der Waals surface area (Å²) in [7, 11) is 0. The van der Waals surface area contributed by atoms with Gasteiger partial charge in [0.2, 0.25) is 5.91 Å². The molecule has 212 valence electrons. The lowest BCUT2D eigenvalue weighted by Crippen LogP contribution is -2.54. The highest BCUT2D eigenvalue weighted by Crippen LogP contribution is 2.47. The first-order valence-electron chi connectivity index (χ1n) is 13.9. The second kappa shape index (κ2) is 13.0. The van der Waals surface area contributed by atoms with Crippen LogP contribution < -0.4 is 0 Å². The van der Waals surface area contributed by atoms with E-state index in [0.717, 1.165) is 29.7 Å². The zero-order valence-corrected chi connectivity index (χ0v) is 22.6. The van der Waals surface area contributed by atoms with E-state index in [-0.39, 0.29) is 30.1 Å². The number of aryl methyl sites for hydroxylation is 1. The van der Waals surface area contributed by atoms with Crippen molar-refractivity contribution in [3.8, 4) is 0 Å². The smallest absolute Gasteiger partial charge is 0.317 e. The molecule has 4 rings (SSSR count). The lowest BCUT2D eigenvalue weighted by atomic mass is 9.77. The number of carboxylic acid groups (broad SMARTS) is 2. The van der Waals surface area contributed by atoms with E-state index in [1.807, 2.05) is 35.2 Å². The number of nitrogens with zero attached hydrogens (tertiary/aromatic N) is 1. The predicted molar refractivity (Wildman–Crippen MR) is 147 cm³/mol. The van der Waals surface area contributed by atoms with Gasteiger partial charge in [0.15, 0.2) is 5.92 Å². The molecule has 1 fully saturated rings. The Morgan fingerprint density at radius 2 is 1.70 bits per heavy atom. The summed E-state index contributed by atoms with van der Waals surface area (Å²) in [5, 5.41) is 28.8. The molecule has 1 unspecified atom stereocenters. The molecule has 1 aliphatic heterocycles. The molecule has 0 aromatic heterocycles. The molecule has 1 heterocycles. The van der Waals surface area contributed by atoms with Crippen molar-refractivity contribution in [2.75, 3.05) is 0 Å². The molecule has 3 N–H and O–H groups in total. The number of rotatable bonds is 13. The van der Waals surface area contributed by atoms with Crippen molar-refractivity contribution in [1.82, 2.24) is 4.90 Å². The Morgan fingerprint density at radius 3 is 2.27 bits per heavy atom. The van der Waals surface area contributed by atoms with Crippen molar-refractivity contribution >= 4 is 17.8 Å². The molecule has 40 heavy (non-hydrogen) atoms. The average molecular weight is 550 g/mol. The van der Waals surface area contributed by atoms with Crippen LogP contribution in [0, 0.1) is 23.6 Å². The van der Waals surface area contributed by atoms with Gasteiger partial charge < -0.3 is 20.2 Å². The monoisotopic (exact) mass is 549 g/mol. The number of hydrogen-bond donors (Lipinski definition) is 3. The zero-order valence-electron chi connectivity index (χ0n) is 22.6. The molecule has 1 amide bonds. The standard InChI is InChI=1S/C32H36FNO6/c1-2-20-8-16-25(17-9-20)34-29(26(30(34)36)18-19-28(35)22-12-14-24(33)15-13-22)23-10-6-21(7-11-23)4-3-5-27(31(37)38)32(39)40/h6-8,10-17,20,26-29,35H,2-5,9,18-19H2,1H3,(H,37,38)(H,39,40)/t20?,26-,28+,29-/m1/s1. The number of aliphatic hydroxyl groups is 1. The predicted octanol–water partition coefficient (Wildman–Crippen LogP) is 5.82. The van der Waals surface area contributed by atoms with Crippen molar-refractivity contribution in [1.29, 1.82) is 0 Å². The fraction of sp³-hybridized carbons (Fsp3) is 0.406. The minimum Gasteiger partial charge on any atom is -0.481 e. The van der Waals surface area contributed by atoms with Crippen molar-refractivity contribution in [2.24, 2.45) is 17.8 Å². The van der Waals surface area contributed by atoms with Gasteiger partial charge in [-0.2, -0.15) is 0 Å². The maximum Gasteiger partial charge on any atom is 0.317 e. The normalized spacial score (nSPS) is 21.2. The summed E-state index contributed by atoms with van der Waals surface area (Å²) in [6.45, 7) is 2.14. The maximum atomic E-state index is 13.4. The Hall–Kier alpha value is -3.78. The van der Waals surface area contributed by atoms with Crippen LogP contribution in [-0.2, 0) is 20.8 Å². The van der Waals surface area contributed by atoms with E-state index >= 15 is 0 Å². The largest absolute Gasteiger partial charge is 0.481 e. The molecule has 1 aliphatic carbocycles. The molecule has 0 saturated carbocycles. The minimum atomic E-state index is -1.41. The lowest BCUT2D eigenvalue weighted by Gasteiger charge is -2.49. The van der Waals surface area contributed by atoms with Gasteiger partial charge in [0, 0.05) is 5.70 Å². The number of halogens is 1. The van der Waals surface area contributed by atoms with Crippen molar-refractivity contribution < 1.29 is 34.1 Å². The first-order valence-corrected chi connectivity index (χ1v) is 13.9. The van der Waals surface area contributed by atoms with Gasteiger partial charge in [-0.1, -0.05) is 55.5 Å². The summed E-state index contributed by atoms with van der Waals surface area (Å²) in [6, 6.07) is 13.4. The topological polar surface area (TPSA) is 115 Å². The summed E-state index contributed by atoms with van der Waals surface area (Å²) in [5.74, 6) is -4.28. The number of carboxylic acids is 2. The fourth-order valence-corrected chi connectivity index (χ4v) is 5.57. The van der Waals surface area contributed by atoms with E-state index in [1.165, 1.54) is 12.1 Å². The van der Waals surface area contributed by atoms with Gasteiger partial charge in [0.05, 0.1) is 18.1 Å². The van der Waals surface area contributed by atoms with Gasteiger partial charge in [-0.05, 0) is 85.8 Å². The van der Waals surface area contributed by atoms with Gasteiger partial charge in [-0.15, -0.1) is 0 Å². The molecule has 2 aromatic carbocycles. The highest BCUT2D eigenvalue weighted by Gasteiger charge is 2.49. The average Bonchev–Trinajstić information content (AvgIpc) is 2.94. The zero-order chi connectivity index (χ0) is 28.8. The van der Waals surface area contributed by atoms with Crippen molar-refractivity contribution in [2.45, 2.75) is 64.0 Å². The first-order chi connectivity index (χ1) is 19.2. The minimum absolute atomic E-state index is 0.0135. The van der Waals surface area contributed by atoms with E-state index in [4.69, 9.17) is 10.2 Å². The van der Waals surface area contributed by atoms with Crippen LogP contribution in [0.4, 0.5) is 4.39 Å². The summed E-state index contributed by atoms with van der Waals surface area (Å²) in [6.07, 6.45) is 9.24. The van der Waals surface area contributed by atoms with Crippen molar-refractivity contribution in [3.63, 3.8) is 0 Å². The second-order valence-electron chi connectivity index (χ2n) is 10.7. The molecule has 2 aromatic rings. The number of benzene rings is 2. The number of β-lactam (4-membered cyclic amide) rings is 1. The molecule has 0 radical (unpaired) electrons. The van der Waals surface area contributed by atoms with Gasteiger partial charge in [-0.3, -0.25) is 14.4 Å². The van der Waals surface area contributed by atoms with E-state index in [9.17, 15) is 23.9 Å². The van der Waals surface area contributed by atoms with Crippen LogP contribution in [-0.4, -0.2) is 38.1 Å². The Morgan fingerprint density at radius 1 is 1.02 bits per heavy atom. The highest BCUT2D eigenvalue weighted by molar-refractivity contribution is 5.92. The third-order valence-corrected chi connectivity index (χ3v) is 8.07. The third kappa shape index (κ3) is 6.67. The number of amides is 1. The SMILES string of the molecule is CCC1C=CC(N2C(=O)[C@H](CC[C@H](O)c3ccc(F)cc3)[C@H]2c2ccc(CCCC(C(=O)O)C(=O)O)cc2)=CC1. The number of likely N-dealkylation sites (tertiary alicyclic amines) is 1. The first kappa shape index (κ1) is 29.2. The van der Waals surface area contributed by atoms with Crippen LogP contribution in [0.1, 0.15) is 74.3 Å². The van der Waals surface area contributed by atoms with Crippen LogP contribution in [0.15, 0.2) is 72.5 Å². The number of aliphatic carboxylic acids is 2. The van der Waals surface area contributed by atoms with E-state index in [2.05, 4.69) is 19.1 Å². The summed E-state index contributed by atoms with van der Waals surface area (Å²) >= 11 is 0. The number of aliphatic hydroxyl groups excluding tert-OH is 1. The van der Waals surface area contributed by atoms with Crippen LogP contribution in [0.2, 0.25) is 0 Å². The van der Waals surface area contributed by atoms with Gasteiger partial charge >= 0.3 is 11.9 Å². The molecule has 4 atom stereocenters. The molecule has 0 spiro atoms. The van der Waals surface area contributed by atoms with Gasteiger partial charge in [0.1, 0.15) is 5.82 Å². The Balaban J connectivity index is 1.47. The molecule has 0 bridgehead atoms. The van der Waals surface area contributed by atoms with E-state index < -0.39 is 24.0 Å². The van der Waals surface area contributed by atoms with Crippen LogP contribution in [0.5, 0.6) is 0 Å². The lowest BCUT2D eigenvalue weighted by molar-refractivity contribution is -0.155. The van der Waals surface area contributed by atoms with Crippen LogP contribution in [0.3, 0.4) is 0 Å². The summed E-state index contributed by atoms with van der Waals surface area (Å²) < 4.78 is 13.3. The van der Waals surface area contributed by atoms with Crippen molar-refractivity contribution in [3.05, 3.63) is 95.0 Å². The van der Waals surface area contributed by atoms with E-state index in [0.29, 0.717) is 37.2 Å². The summed E-state index contributed by atoms with van der Waals surface area (Å²) in [4.78, 5) is 37.5. The Bertz CT molecular complexity index is 1260. The number of hydrogen-bond acceptors (Lipinski definition) is 4. The highest BCUT2D eigenvalue weighted by atomic mass is 19.1. The number of carbonyl (C=O) groups is 3. The quantitative estimate of drug-likeness (QED) is 0.214.